The van der Waals surface area contributed by atoms with E-state index in [1.165, 1.54) is 0 Å². The minimum absolute atomic E-state index is 0.602. The minimum atomic E-state index is 0.602. The fraction of sp³-hybridized carbons (Fsp3) is 0. The van der Waals surface area contributed by atoms with Crippen molar-refractivity contribution in [2.45, 2.75) is 0 Å². The number of hydrogen-bond donors (Lipinski definition) is 0. The van der Waals surface area contributed by atoms with E-state index in [0.29, 0.717) is 23.3 Å². The van der Waals surface area contributed by atoms with E-state index in [9.17, 15) is 0 Å². The van der Waals surface area contributed by atoms with Gasteiger partial charge in [0, 0.05) is 99.1 Å². The van der Waals surface area contributed by atoms with Crippen molar-refractivity contribution < 1.29 is 0 Å². The van der Waals surface area contributed by atoms with Gasteiger partial charge in [-0.15, -0.1) is 0 Å². The topological polar surface area (TPSA) is 142 Å². The van der Waals surface area contributed by atoms with Crippen LogP contribution in [0.1, 0.15) is 0 Å². The summed E-state index contributed by atoms with van der Waals surface area (Å²) in [5.41, 5.74) is 27.7. The van der Waals surface area contributed by atoms with E-state index in [4.69, 9.17) is 54.8 Å². The summed E-state index contributed by atoms with van der Waals surface area (Å²) in [6.45, 7) is 0. The number of pyridine rings is 2. The van der Waals surface area contributed by atoms with Gasteiger partial charge in [0.1, 0.15) is 0 Å². The Labute approximate surface area is 692 Å². The normalized spacial score (nSPS) is 11.3. The third-order valence-corrected chi connectivity index (χ3v) is 22.0. The summed E-state index contributed by atoms with van der Waals surface area (Å²) in [6.07, 6.45) is 0. The second-order valence-electron chi connectivity index (χ2n) is 29.5. The molecule has 0 saturated heterocycles. The Bertz CT molecular complexity index is 6980. The Morgan fingerprint density at radius 2 is 0.358 bits per heavy atom. The number of para-hydroxylation sites is 2. The number of benzene rings is 16. The molecule has 0 N–H and O–H groups in total. The molecule has 0 unspecified atom stereocenters. The molecule has 120 heavy (non-hydrogen) atoms. The molecule has 0 saturated carbocycles. The molecule has 16 aromatic carbocycles. The fourth-order valence-corrected chi connectivity index (χ4v) is 16.2. The monoisotopic (exact) mass is 1530 g/mol. The summed E-state index contributed by atoms with van der Waals surface area (Å²) in [5, 5.41) is 6.17. The van der Waals surface area contributed by atoms with Crippen LogP contribution in [0, 0.1) is 0 Å². The van der Waals surface area contributed by atoms with Gasteiger partial charge in [0.2, 0.25) is 0 Å². The van der Waals surface area contributed by atoms with E-state index in [1.54, 1.807) is 0 Å². The highest BCUT2D eigenvalue weighted by Crippen LogP contribution is 2.48. The second kappa shape index (κ2) is 31.4. The van der Waals surface area contributed by atoms with Gasteiger partial charge in [0.05, 0.1) is 78.7 Å². The average Bonchev–Trinajstić information content (AvgIpc) is 0.720. The van der Waals surface area contributed by atoms with Gasteiger partial charge >= 0.3 is 0 Å². The Hall–Kier alpha value is -16.4. The van der Waals surface area contributed by atoms with Gasteiger partial charge in [-0.25, -0.2) is 54.8 Å². The van der Waals surface area contributed by atoms with Crippen LogP contribution in [0.5, 0.6) is 0 Å². The van der Waals surface area contributed by atoms with Crippen molar-refractivity contribution in [3.05, 3.63) is 419 Å². The first-order chi connectivity index (χ1) is 59.5. The van der Waals surface area contributed by atoms with Gasteiger partial charge in [0.15, 0.2) is 23.3 Å². The number of nitrogens with zero attached hydrogens (tertiary/aromatic N) is 11. The van der Waals surface area contributed by atoms with Gasteiger partial charge in [-0.2, -0.15) is 0 Å². The molecule has 560 valence electrons. The maximum absolute atomic E-state index is 5.58. The summed E-state index contributed by atoms with van der Waals surface area (Å²) in [5.74, 6) is 2.54. The largest absolute Gasteiger partial charge is 0.247 e. The maximum atomic E-state index is 5.58. The molecule has 0 atom stereocenters. The summed E-state index contributed by atoms with van der Waals surface area (Å²) in [4.78, 5) is 57.9. The van der Waals surface area contributed by atoms with E-state index in [2.05, 4.69) is 255 Å². The van der Waals surface area contributed by atoms with E-state index in [-0.39, 0.29) is 0 Å². The zero-order valence-electron chi connectivity index (χ0n) is 64.8. The average molecular weight is 1530 g/mol. The van der Waals surface area contributed by atoms with Gasteiger partial charge in [0.25, 0.3) is 0 Å². The van der Waals surface area contributed by atoms with Crippen LogP contribution < -0.4 is 0 Å². The molecule has 0 spiro atoms. The summed E-state index contributed by atoms with van der Waals surface area (Å²) < 4.78 is 0. The van der Waals surface area contributed by atoms with Crippen molar-refractivity contribution in [2.24, 2.45) is 0 Å². The number of rotatable bonds is 14. The Morgan fingerprint density at radius 3 is 0.683 bits per heavy atom. The Morgan fingerprint density at radius 1 is 0.133 bits per heavy atom. The predicted octanol–water partition coefficient (Wildman–Crippen LogP) is 27.0. The Kier molecular flexibility index (Phi) is 18.7. The molecule has 0 aliphatic heterocycles. The van der Waals surface area contributed by atoms with Crippen molar-refractivity contribution in [2.75, 3.05) is 0 Å². The lowest BCUT2D eigenvalue weighted by Gasteiger charge is -2.18. The van der Waals surface area contributed by atoms with Crippen LogP contribution in [-0.4, -0.2) is 54.8 Å². The van der Waals surface area contributed by atoms with Crippen LogP contribution in [0.4, 0.5) is 0 Å². The molecular formula is C109H69N11. The lowest BCUT2D eigenvalue weighted by Crippen LogP contribution is -2.00. The molecule has 22 rings (SSSR count). The number of aromatic nitrogens is 11. The molecular weight excluding hydrogens is 1460 g/mol. The van der Waals surface area contributed by atoms with Crippen molar-refractivity contribution in [3.63, 3.8) is 0 Å². The maximum Gasteiger partial charge on any atom is 0.164 e. The van der Waals surface area contributed by atoms with E-state index in [1.807, 2.05) is 164 Å². The van der Waals surface area contributed by atoms with Crippen molar-refractivity contribution >= 4 is 65.4 Å². The van der Waals surface area contributed by atoms with Crippen LogP contribution in [0.2, 0.25) is 0 Å². The van der Waals surface area contributed by atoms with E-state index >= 15 is 0 Å². The Balaban J connectivity index is 0.000000148. The molecule has 22 aromatic rings. The molecule has 0 aliphatic carbocycles. The zero-order chi connectivity index (χ0) is 79.7. The number of fused-ring (bicyclic) bond motifs is 10. The third-order valence-electron chi connectivity index (χ3n) is 22.0. The minimum Gasteiger partial charge on any atom is -0.247 e. The van der Waals surface area contributed by atoms with Crippen molar-refractivity contribution in [1.82, 2.24) is 54.8 Å². The molecule has 0 amide bonds. The zero-order valence-corrected chi connectivity index (χ0v) is 64.8. The van der Waals surface area contributed by atoms with Gasteiger partial charge < -0.3 is 0 Å². The van der Waals surface area contributed by atoms with E-state index in [0.717, 1.165) is 200 Å². The highest BCUT2D eigenvalue weighted by Gasteiger charge is 2.26. The predicted molar refractivity (Wildman–Crippen MR) is 490 cm³/mol. The second-order valence-corrected chi connectivity index (χ2v) is 29.5. The van der Waals surface area contributed by atoms with Crippen LogP contribution >= 0.6 is 0 Å². The first-order valence-electron chi connectivity index (χ1n) is 40.1. The van der Waals surface area contributed by atoms with E-state index < -0.39 is 0 Å². The summed E-state index contributed by atoms with van der Waals surface area (Å²) >= 11 is 0. The third kappa shape index (κ3) is 13.7. The lowest BCUT2D eigenvalue weighted by atomic mass is 9.90. The molecule has 11 heteroatoms. The quantitative estimate of drug-likeness (QED) is 0.0960. The lowest BCUT2D eigenvalue weighted by molar-refractivity contribution is 1.07. The first-order valence-corrected chi connectivity index (χ1v) is 40.1. The van der Waals surface area contributed by atoms with Crippen molar-refractivity contribution in [3.8, 4) is 158 Å². The van der Waals surface area contributed by atoms with Crippen molar-refractivity contribution in [1.29, 1.82) is 0 Å². The first kappa shape index (κ1) is 71.4. The van der Waals surface area contributed by atoms with Gasteiger partial charge in [-0.1, -0.05) is 388 Å². The van der Waals surface area contributed by atoms with Crippen LogP contribution in [0.3, 0.4) is 0 Å². The molecule has 6 heterocycles. The fourth-order valence-electron chi connectivity index (χ4n) is 16.2. The SMILES string of the molecule is c1ccc(-c2cc(-c3ccc(-c4cc5nc(-c6ccccc6)c(-c6ccccc6)nc5c5c(-c6ccccc6)nc6ccccc6c45)cc3)nc(-c3ccccc3)n2)cc1.c1ccc(-c2nc(-c3ccccc3)nc(-c3ccc(-c4cc5nc(-c6ccccc6)c(-c6ccccc6)nc5c5c(-c6ccccc6)nc6ccccc6c45)cc3)n2)cc1. The van der Waals surface area contributed by atoms with Crippen LogP contribution in [-0.2, 0) is 0 Å². The van der Waals surface area contributed by atoms with Crippen LogP contribution in [0.15, 0.2) is 419 Å². The summed E-state index contributed by atoms with van der Waals surface area (Å²) in [7, 11) is 0. The standard InChI is InChI=1S/C55H35N5.C54H34N6/c1-6-18-37(19-7-1)46-35-47(59-55(58-46)42-26-14-5-15-27-42)38-32-30-36(31-33-38)44-34-48-54(60-53(41-24-12-4-13-25-41)52(57-48)40-22-10-3-11-23-40)50-49(44)43-28-16-17-29-45(43)56-51(50)39-20-8-2-9-21-39;1-6-18-36(19-7-1)48-47-46(42-28-16-17-29-44(42)55-48)43(34-45-51(47)57-50(38-22-10-3-11-23-38)49(56-45)37-20-8-2-9-21-37)35-30-32-41(33-31-35)54-59-52(39-24-12-4-13-25-39)58-53(60-54)40-26-14-5-15-27-40/h1-35H;1-34H. The van der Waals surface area contributed by atoms with Gasteiger partial charge in [-0.3, -0.25) is 0 Å². The smallest absolute Gasteiger partial charge is 0.164 e. The van der Waals surface area contributed by atoms with Crippen LogP contribution in [0.25, 0.3) is 223 Å². The number of hydrogen-bond acceptors (Lipinski definition) is 11. The molecule has 0 fully saturated rings. The molecule has 0 bridgehead atoms. The highest BCUT2D eigenvalue weighted by molar-refractivity contribution is 6.27. The molecule has 6 aromatic heterocycles. The molecule has 0 aliphatic rings. The summed E-state index contributed by atoms with van der Waals surface area (Å²) in [6, 6.07) is 143. The molecule has 0 radical (unpaired) electrons. The highest BCUT2D eigenvalue weighted by atomic mass is 15.0. The van der Waals surface area contributed by atoms with Gasteiger partial charge in [-0.05, 0) is 52.6 Å². The molecule has 11 nitrogen and oxygen atoms in total.